The summed E-state index contributed by atoms with van der Waals surface area (Å²) >= 11 is 0. The molecular formula is C13H12FNO. The number of Topliss-reactive ketones (excluding diaryl/α,β-unsaturated/α-hetero) is 1. The molecule has 0 radical (unpaired) electrons. The maximum Gasteiger partial charge on any atom is 0.185 e. The molecule has 0 aliphatic carbocycles. The first-order valence-electron chi connectivity index (χ1n) is 5.17. The highest BCUT2D eigenvalue weighted by atomic mass is 19.1. The minimum Gasteiger partial charge on any atom is -0.292 e. The summed E-state index contributed by atoms with van der Waals surface area (Å²) < 4.78 is 12.7. The van der Waals surface area contributed by atoms with Crippen LogP contribution in [0.5, 0.6) is 0 Å². The maximum absolute atomic E-state index is 12.7. The van der Waals surface area contributed by atoms with Crippen LogP contribution in [-0.4, -0.2) is 11.5 Å². The molecule has 0 fully saturated rings. The third-order valence-electron chi connectivity index (χ3n) is 2.47. The Morgan fingerprint density at radius 2 is 2.06 bits per heavy atom. The SMILES string of the molecule is CC1=NC(C(=O)Cc2ccc(F)cc2)=CC1. The van der Waals surface area contributed by atoms with Crippen molar-refractivity contribution in [2.75, 3.05) is 0 Å². The van der Waals surface area contributed by atoms with E-state index in [1.807, 2.05) is 13.0 Å². The summed E-state index contributed by atoms with van der Waals surface area (Å²) in [5, 5.41) is 0. The summed E-state index contributed by atoms with van der Waals surface area (Å²) in [6.07, 6.45) is 2.87. The molecule has 1 heterocycles. The van der Waals surface area contributed by atoms with Crippen LogP contribution in [0.1, 0.15) is 18.9 Å². The number of carbonyl (C=O) groups excluding carboxylic acids is 1. The van der Waals surface area contributed by atoms with E-state index in [1.165, 1.54) is 12.1 Å². The van der Waals surface area contributed by atoms with Gasteiger partial charge in [-0.3, -0.25) is 9.79 Å². The zero-order chi connectivity index (χ0) is 11.5. The molecule has 1 aliphatic heterocycles. The molecule has 0 N–H and O–H groups in total. The van der Waals surface area contributed by atoms with Crippen LogP contribution < -0.4 is 0 Å². The van der Waals surface area contributed by atoms with E-state index in [2.05, 4.69) is 4.99 Å². The number of benzene rings is 1. The van der Waals surface area contributed by atoms with Crippen molar-refractivity contribution < 1.29 is 9.18 Å². The number of hydrogen-bond acceptors (Lipinski definition) is 2. The topological polar surface area (TPSA) is 29.4 Å². The Hall–Kier alpha value is -1.77. The number of nitrogens with zero attached hydrogens (tertiary/aromatic N) is 1. The Morgan fingerprint density at radius 3 is 2.62 bits per heavy atom. The number of allylic oxidation sites excluding steroid dienone is 2. The third-order valence-corrected chi connectivity index (χ3v) is 2.47. The lowest BCUT2D eigenvalue weighted by Crippen LogP contribution is -2.04. The van der Waals surface area contributed by atoms with Gasteiger partial charge in [-0.05, 0) is 30.7 Å². The fourth-order valence-corrected chi connectivity index (χ4v) is 1.60. The van der Waals surface area contributed by atoms with E-state index >= 15 is 0 Å². The molecule has 0 spiro atoms. The zero-order valence-electron chi connectivity index (χ0n) is 9.03. The summed E-state index contributed by atoms with van der Waals surface area (Å²) in [5.74, 6) is -0.298. The number of ketones is 1. The van der Waals surface area contributed by atoms with Crippen molar-refractivity contribution in [1.82, 2.24) is 0 Å². The number of rotatable bonds is 3. The van der Waals surface area contributed by atoms with Crippen LogP contribution in [0.15, 0.2) is 41.0 Å². The Balaban J connectivity index is 2.06. The molecule has 0 saturated carbocycles. The van der Waals surface area contributed by atoms with Gasteiger partial charge in [0, 0.05) is 18.6 Å². The van der Waals surface area contributed by atoms with Crippen LogP contribution in [0.2, 0.25) is 0 Å². The second-order valence-electron chi connectivity index (χ2n) is 3.87. The van der Waals surface area contributed by atoms with Crippen LogP contribution >= 0.6 is 0 Å². The highest BCUT2D eigenvalue weighted by Gasteiger charge is 2.13. The molecule has 0 amide bonds. The van der Waals surface area contributed by atoms with Crippen molar-refractivity contribution in [3.63, 3.8) is 0 Å². The molecule has 1 aromatic rings. The van der Waals surface area contributed by atoms with Crippen LogP contribution in [0, 0.1) is 5.82 Å². The standard InChI is InChI=1S/C13H12FNO/c1-9-2-7-12(15-9)13(16)8-10-3-5-11(14)6-4-10/h3-7H,2,8H2,1H3. The van der Waals surface area contributed by atoms with Gasteiger partial charge in [0.1, 0.15) is 11.5 Å². The third kappa shape index (κ3) is 2.42. The first kappa shape index (κ1) is 10.7. The average Bonchev–Trinajstić information content (AvgIpc) is 2.68. The van der Waals surface area contributed by atoms with Crippen molar-refractivity contribution in [3.8, 4) is 0 Å². The number of aliphatic imine (C=N–C) groups is 1. The van der Waals surface area contributed by atoms with E-state index in [9.17, 15) is 9.18 Å². The lowest BCUT2D eigenvalue weighted by atomic mass is 10.1. The van der Waals surface area contributed by atoms with Gasteiger partial charge in [-0.2, -0.15) is 0 Å². The fourth-order valence-electron chi connectivity index (χ4n) is 1.60. The van der Waals surface area contributed by atoms with Gasteiger partial charge < -0.3 is 0 Å². The van der Waals surface area contributed by atoms with E-state index in [0.717, 1.165) is 17.7 Å². The van der Waals surface area contributed by atoms with E-state index < -0.39 is 0 Å². The molecule has 2 rings (SSSR count). The molecule has 3 heteroatoms. The van der Waals surface area contributed by atoms with Crippen molar-refractivity contribution in [1.29, 1.82) is 0 Å². The van der Waals surface area contributed by atoms with Crippen molar-refractivity contribution in [3.05, 3.63) is 47.4 Å². The molecule has 0 saturated heterocycles. The molecule has 82 valence electrons. The Morgan fingerprint density at radius 1 is 1.38 bits per heavy atom. The molecule has 0 aromatic heterocycles. The highest BCUT2D eigenvalue weighted by molar-refractivity contribution is 6.02. The van der Waals surface area contributed by atoms with Gasteiger partial charge in [0.05, 0.1) is 0 Å². The van der Waals surface area contributed by atoms with Crippen LogP contribution in [-0.2, 0) is 11.2 Å². The summed E-state index contributed by atoms with van der Waals surface area (Å²) in [5.41, 5.74) is 2.30. The van der Waals surface area contributed by atoms with E-state index in [1.54, 1.807) is 12.1 Å². The summed E-state index contributed by atoms with van der Waals surface area (Å²) in [4.78, 5) is 15.9. The first-order valence-corrected chi connectivity index (χ1v) is 5.17. The molecule has 16 heavy (non-hydrogen) atoms. The molecular weight excluding hydrogens is 205 g/mol. The van der Waals surface area contributed by atoms with Crippen LogP contribution in [0.4, 0.5) is 4.39 Å². The zero-order valence-corrected chi connectivity index (χ0v) is 9.03. The molecule has 0 bridgehead atoms. The van der Waals surface area contributed by atoms with Crippen molar-refractivity contribution >= 4 is 11.5 Å². The smallest absolute Gasteiger partial charge is 0.185 e. The summed E-state index contributed by atoms with van der Waals surface area (Å²) in [6, 6.07) is 5.97. The van der Waals surface area contributed by atoms with Crippen molar-refractivity contribution in [2.45, 2.75) is 19.8 Å². The quantitative estimate of drug-likeness (QED) is 0.765. The molecule has 1 aromatic carbocycles. The molecule has 0 atom stereocenters. The minimum absolute atomic E-state index is 0.0107. The first-order chi connectivity index (χ1) is 7.65. The van der Waals surface area contributed by atoms with E-state index in [-0.39, 0.29) is 18.0 Å². The van der Waals surface area contributed by atoms with Gasteiger partial charge in [0.25, 0.3) is 0 Å². The lowest BCUT2D eigenvalue weighted by Gasteiger charge is -2.00. The van der Waals surface area contributed by atoms with Crippen molar-refractivity contribution in [2.24, 2.45) is 4.99 Å². The van der Waals surface area contributed by atoms with Gasteiger partial charge in [-0.1, -0.05) is 12.1 Å². The summed E-state index contributed by atoms with van der Waals surface area (Å²) in [7, 11) is 0. The average molecular weight is 217 g/mol. The van der Waals surface area contributed by atoms with Gasteiger partial charge in [-0.15, -0.1) is 0 Å². The maximum atomic E-state index is 12.7. The Bertz CT molecular complexity index is 471. The Kier molecular flexibility index (Phi) is 2.95. The van der Waals surface area contributed by atoms with E-state index in [4.69, 9.17) is 0 Å². The highest BCUT2D eigenvalue weighted by Crippen LogP contribution is 2.14. The largest absolute Gasteiger partial charge is 0.292 e. The predicted octanol–water partition coefficient (Wildman–Crippen LogP) is 2.69. The van der Waals surface area contributed by atoms with Crippen LogP contribution in [0.25, 0.3) is 0 Å². The number of hydrogen-bond donors (Lipinski definition) is 0. The fraction of sp³-hybridized carbons (Fsp3) is 0.231. The van der Waals surface area contributed by atoms with Gasteiger partial charge in [-0.25, -0.2) is 4.39 Å². The number of carbonyl (C=O) groups is 1. The normalized spacial score (nSPS) is 14.6. The lowest BCUT2D eigenvalue weighted by molar-refractivity contribution is -0.115. The summed E-state index contributed by atoms with van der Waals surface area (Å²) in [6.45, 7) is 1.90. The molecule has 1 aliphatic rings. The predicted molar refractivity (Wildman–Crippen MR) is 60.9 cm³/mol. The molecule has 2 nitrogen and oxygen atoms in total. The Labute approximate surface area is 93.5 Å². The van der Waals surface area contributed by atoms with Crippen LogP contribution in [0.3, 0.4) is 0 Å². The second kappa shape index (κ2) is 4.39. The van der Waals surface area contributed by atoms with Gasteiger partial charge >= 0.3 is 0 Å². The monoisotopic (exact) mass is 217 g/mol. The van der Waals surface area contributed by atoms with Gasteiger partial charge in [0.15, 0.2) is 5.78 Å². The minimum atomic E-state index is -0.287. The number of halogens is 1. The molecule has 0 unspecified atom stereocenters. The second-order valence-corrected chi connectivity index (χ2v) is 3.87. The van der Waals surface area contributed by atoms with Gasteiger partial charge in [0.2, 0.25) is 0 Å². The van der Waals surface area contributed by atoms with E-state index in [0.29, 0.717) is 5.70 Å².